The lowest BCUT2D eigenvalue weighted by Gasteiger charge is -2.18. The van der Waals surface area contributed by atoms with Crippen molar-refractivity contribution in [1.29, 1.82) is 0 Å². The van der Waals surface area contributed by atoms with Crippen LogP contribution >= 0.6 is 27.5 Å². The number of methoxy groups -OCH3 is 1. The Morgan fingerprint density at radius 2 is 1.96 bits per heavy atom. The summed E-state index contributed by atoms with van der Waals surface area (Å²) in [6.45, 7) is 2.51. The number of benzene rings is 2. The Labute approximate surface area is 173 Å². The first-order chi connectivity index (χ1) is 12.9. The van der Waals surface area contributed by atoms with Crippen LogP contribution in [0.15, 0.2) is 34.8 Å². The van der Waals surface area contributed by atoms with Gasteiger partial charge in [0, 0.05) is 22.1 Å². The number of nitrogens with one attached hydrogen (secondary N) is 1. The lowest BCUT2D eigenvalue weighted by molar-refractivity contribution is 0.275. The molecule has 0 aliphatic carbocycles. The Bertz CT molecular complexity index is 739. The van der Waals surface area contributed by atoms with Crippen LogP contribution in [0.25, 0.3) is 0 Å². The van der Waals surface area contributed by atoms with Gasteiger partial charge in [-0.1, -0.05) is 33.6 Å². The SMILES string of the molecule is COc1ccc(Br)c(CNCCCN(C)C)c1OCc1c(F)cccc1Cl. The molecule has 0 radical (unpaired) electrons. The van der Waals surface area contributed by atoms with Gasteiger partial charge in [-0.05, 0) is 57.9 Å². The summed E-state index contributed by atoms with van der Waals surface area (Å²) in [6, 6.07) is 8.32. The number of ether oxygens (including phenoxy) is 2. The second kappa shape index (κ2) is 10.9. The van der Waals surface area contributed by atoms with Gasteiger partial charge in [-0.3, -0.25) is 0 Å². The molecule has 0 atom stereocenters. The third-order valence-electron chi connectivity index (χ3n) is 4.07. The molecule has 0 aromatic heterocycles. The summed E-state index contributed by atoms with van der Waals surface area (Å²) in [5.74, 6) is 0.780. The Balaban J connectivity index is 2.14. The largest absolute Gasteiger partial charge is 0.493 e. The molecule has 0 unspecified atom stereocenters. The second-order valence-electron chi connectivity index (χ2n) is 6.38. The highest BCUT2D eigenvalue weighted by atomic mass is 79.9. The molecule has 27 heavy (non-hydrogen) atoms. The van der Waals surface area contributed by atoms with E-state index in [1.54, 1.807) is 19.2 Å². The topological polar surface area (TPSA) is 33.7 Å². The second-order valence-corrected chi connectivity index (χ2v) is 7.64. The van der Waals surface area contributed by atoms with Gasteiger partial charge in [0.05, 0.1) is 12.1 Å². The molecule has 2 rings (SSSR count). The molecule has 7 heteroatoms. The van der Waals surface area contributed by atoms with Crippen LogP contribution in [-0.4, -0.2) is 39.2 Å². The number of hydrogen-bond acceptors (Lipinski definition) is 4. The molecule has 4 nitrogen and oxygen atoms in total. The minimum Gasteiger partial charge on any atom is -0.493 e. The van der Waals surface area contributed by atoms with Gasteiger partial charge in [-0.2, -0.15) is 0 Å². The monoisotopic (exact) mass is 458 g/mol. The van der Waals surface area contributed by atoms with Crippen molar-refractivity contribution < 1.29 is 13.9 Å². The average molecular weight is 460 g/mol. The van der Waals surface area contributed by atoms with Crippen molar-refractivity contribution in [3.8, 4) is 11.5 Å². The van der Waals surface area contributed by atoms with Gasteiger partial charge in [0.25, 0.3) is 0 Å². The van der Waals surface area contributed by atoms with Crippen molar-refractivity contribution in [2.75, 3.05) is 34.3 Å². The lowest BCUT2D eigenvalue weighted by atomic mass is 10.1. The normalized spacial score (nSPS) is 11.1. The predicted molar refractivity (Wildman–Crippen MR) is 111 cm³/mol. The molecule has 0 spiro atoms. The van der Waals surface area contributed by atoms with Crippen molar-refractivity contribution in [3.05, 3.63) is 56.8 Å². The molecule has 0 aliphatic heterocycles. The van der Waals surface area contributed by atoms with E-state index in [1.165, 1.54) is 6.07 Å². The Hall–Kier alpha value is -1.34. The minimum atomic E-state index is -0.389. The maximum atomic E-state index is 14.0. The molecule has 0 fully saturated rings. The van der Waals surface area contributed by atoms with Crippen molar-refractivity contribution in [3.63, 3.8) is 0 Å². The molecule has 1 N–H and O–H groups in total. The molecule has 0 aliphatic rings. The smallest absolute Gasteiger partial charge is 0.167 e. The van der Waals surface area contributed by atoms with E-state index in [1.807, 2.05) is 12.1 Å². The maximum absolute atomic E-state index is 14.0. The zero-order chi connectivity index (χ0) is 19.8. The van der Waals surface area contributed by atoms with E-state index < -0.39 is 0 Å². The number of nitrogens with zero attached hydrogens (tertiary/aromatic N) is 1. The van der Waals surface area contributed by atoms with Crippen LogP contribution < -0.4 is 14.8 Å². The first kappa shape index (κ1) is 22.0. The molecule has 0 saturated carbocycles. The Morgan fingerprint density at radius 1 is 1.19 bits per heavy atom. The molecule has 2 aromatic carbocycles. The number of rotatable bonds is 10. The van der Waals surface area contributed by atoms with Gasteiger partial charge in [0.15, 0.2) is 11.5 Å². The summed E-state index contributed by atoms with van der Waals surface area (Å²) < 4.78 is 26.3. The minimum absolute atomic E-state index is 0.0198. The van der Waals surface area contributed by atoms with Crippen LogP contribution in [-0.2, 0) is 13.2 Å². The van der Waals surface area contributed by atoms with E-state index in [-0.39, 0.29) is 12.4 Å². The van der Waals surface area contributed by atoms with E-state index in [0.29, 0.717) is 28.6 Å². The summed E-state index contributed by atoms with van der Waals surface area (Å²) >= 11 is 9.68. The summed E-state index contributed by atoms with van der Waals surface area (Å²) in [6.07, 6.45) is 1.04. The molecule has 148 valence electrons. The molecular formula is C20H25BrClFN2O2. The summed E-state index contributed by atoms with van der Waals surface area (Å²) in [4.78, 5) is 2.15. The van der Waals surface area contributed by atoms with E-state index in [0.717, 1.165) is 29.5 Å². The van der Waals surface area contributed by atoms with Gasteiger partial charge >= 0.3 is 0 Å². The van der Waals surface area contributed by atoms with E-state index in [2.05, 4.69) is 40.2 Å². The fraction of sp³-hybridized carbons (Fsp3) is 0.400. The van der Waals surface area contributed by atoms with Crippen LogP contribution in [0.2, 0.25) is 5.02 Å². The van der Waals surface area contributed by atoms with E-state index in [9.17, 15) is 4.39 Å². The molecule has 0 bridgehead atoms. The fourth-order valence-corrected chi connectivity index (χ4v) is 3.28. The van der Waals surface area contributed by atoms with Crippen molar-refractivity contribution in [2.45, 2.75) is 19.6 Å². The highest BCUT2D eigenvalue weighted by molar-refractivity contribution is 9.10. The molecule has 2 aromatic rings. The quantitative estimate of drug-likeness (QED) is 0.514. The van der Waals surface area contributed by atoms with Crippen LogP contribution in [0.1, 0.15) is 17.5 Å². The van der Waals surface area contributed by atoms with Crippen molar-refractivity contribution >= 4 is 27.5 Å². The van der Waals surface area contributed by atoms with Crippen LogP contribution in [0.4, 0.5) is 4.39 Å². The highest BCUT2D eigenvalue weighted by Crippen LogP contribution is 2.37. The van der Waals surface area contributed by atoms with Gasteiger partial charge in [0.2, 0.25) is 0 Å². The average Bonchev–Trinajstić information content (AvgIpc) is 2.62. The lowest BCUT2D eigenvalue weighted by Crippen LogP contribution is -2.21. The van der Waals surface area contributed by atoms with Crippen molar-refractivity contribution in [2.24, 2.45) is 0 Å². The van der Waals surface area contributed by atoms with Gasteiger partial charge < -0.3 is 19.7 Å². The summed E-state index contributed by atoms with van der Waals surface area (Å²) in [5, 5.41) is 3.76. The molecule has 0 amide bonds. The zero-order valence-corrected chi connectivity index (χ0v) is 18.2. The number of halogens is 3. The first-order valence-corrected chi connectivity index (χ1v) is 9.87. The zero-order valence-electron chi connectivity index (χ0n) is 15.8. The Morgan fingerprint density at radius 3 is 2.63 bits per heavy atom. The fourth-order valence-electron chi connectivity index (χ4n) is 2.61. The van der Waals surface area contributed by atoms with Gasteiger partial charge in [0.1, 0.15) is 12.4 Å². The van der Waals surface area contributed by atoms with Crippen LogP contribution in [0, 0.1) is 5.82 Å². The summed E-state index contributed by atoms with van der Waals surface area (Å²) in [5.41, 5.74) is 1.25. The standard InChI is InChI=1S/C20H25BrClFN2O2/c1-25(2)11-5-10-24-12-14-16(21)8-9-19(26-3)20(14)27-13-15-17(22)6-4-7-18(15)23/h4,6-9,24H,5,10-13H2,1-3H3. The third kappa shape index (κ3) is 6.35. The number of hydrogen-bond donors (Lipinski definition) is 1. The molecule has 0 heterocycles. The third-order valence-corrected chi connectivity index (χ3v) is 5.17. The van der Waals surface area contributed by atoms with E-state index >= 15 is 0 Å². The van der Waals surface area contributed by atoms with Crippen LogP contribution in [0.3, 0.4) is 0 Å². The predicted octanol–water partition coefficient (Wildman–Crippen LogP) is 4.87. The Kier molecular flexibility index (Phi) is 8.83. The van der Waals surface area contributed by atoms with Gasteiger partial charge in [-0.15, -0.1) is 0 Å². The van der Waals surface area contributed by atoms with E-state index in [4.69, 9.17) is 21.1 Å². The summed E-state index contributed by atoms with van der Waals surface area (Å²) in [7, 11) is 5.69. The highest BCUT2D eigenvalue weighted by Gasteiger charge is 2.16. The van der Waals surface area contributed by atoms with Crippen LogP contribution in [0.5, 0.6) is 11.5 Å². The maximum Gasteiger partial charge on any atom is 0.167 e. The molecular weight excluding hydrogens is 435 g/mol. The first-order valence-electron chi connectivity index (χ1n) is 8.70. The van der Waals surface area contributed by atoms with Gasteiger partial charge in [-0.25, -0.2) is 4.39 Å². The molecule has 0 saturated heterocycles. The van der Waals surface area contributed by atoms with Crippen molar-refractivity contribution in [1.82, 2.24) is 10.2 Å².